The molecule has 3 rings (SSSR count). The molecular formula is C26H30F2N4S. The lowest BCUT2D eigenvalue weighted by Gasteiger charge is -2.16. The van der Waals surface area contributed by atoms with Crippen LogP contribution >= 0.6 is 11.3 Å². The molecule has 0 radical (unpaired) electrons. The third-order valence-corrected chi connectivity index (χ3v) is 5.94. The zero-order chi connectivity index (χ0) is 24.5. The molecule has 33 heavy (non-hydrogen) atoms. The summed E-state index contributed by atoms with van der Waals surface area (Å²) >= 11 is 1.64. The van der Waals surface area contributed by atoms with Crippen molar-refractivity contribution in [3.8, 4) is 11.1 Å². The summed E-state index contributed by atoms with van der Waals surface area (Å²) in [5, 5.41) is 10.9. The highest BCUT2D eigenvalue weighted by Gasteiger charge is 2.16. The van der Waals surface area contributed by atoms with E-state index in [1.54, 1.807) is 11.3 Å². The second-order valence-electron chi connectivity index (χ2n) is 6.94. The van der Waals surface area contributed by atoms with Gasteiger partial charge in [-0.05, 0) is 55.3 Å². The van der Waals surface area contributed by atoms with Crippen molar-refractivity contribution in [2.45, 2.75) is 27.7 Å². The number of aryl methyl sites for hydroxylation is 1. The minimum atomic E-state index is -0.654. The summed E-state index contributed by atoms with van der Waals surface area (Å²) in [4.78, 5) is 4.18. The molecule has 0 saturated carbocycles. The number of thiophene rings is 1. The molecule has 0 spiro atoms. The number of benzene rings is 2. The molecule has 0 unspecified atom stereocenters. The molecule has 0 amide bonds. The van der Waals surface area contributed by atoms with Gasteiger partial charge in [-0.15, -0.1) is 16.4 Å². The number of nitrogens with zero attached hydrogens (tertiary/aromatic N) is 3. The number of amidine groups is 1. The van der Waals surface area contributed by atoms with Crippen LogP contribution in [0.25, 0.3) is 16.8 Å². The lowest BCUT2D eigenvalue weighted by Crippen LogP contribution is -2.26. The number of anilines is 1. The van der Waals surface area contributed by atoms with Crippen molar-refractivity contribution in [2.75, 3.05) is 18.9 Å². The van der Waals surface area contributed by atoms with E-state index in [1.807, 2.05) is 57.0 Å². The third kappa shape index (κ3) is 6.14. The van der Waals surface area contributed by atoms with E-state index in [-0.39, 0.29) is 11.3 Å². The number of hydrogen-bond donors (Lipinski definition) is 1. The van der Waals surface area contributed by atoms with Gasteiger partial charge in [0.1, 0.15) is 11.6 Å². The molecule has 174 valence electrons. The van der Waals surface area contributed by atoms with Gasteiger partial charge >= 0.3 is 0 Å². The molecule has 0 aliphatic rings. The van der Waals surface area contributed by atoms with E-state index >= 15 is 0 Å². The summed E-state index contributed by atoms with van der Waals surface area (Å²) in [6.07, 6.45) is 0. The van der Waals surface area contributed by atoms with Crippen LogP contribution in [0.15, 0.2) is 65.3 Å². The highest BCUT2D eigenvalue weighted by Crippen LogP contribution is 2.33. The standard InChI is InChI=1S/C24H24F2N4S.C2H6/c1-6-30(5)24(29-27-4)22-14-19(16(3)31-22)17-10-12-18(13-11-17)28-15(2)23-20(25)8-7-9-21(23)26;1-2/h7-14,28H,2,4,6H2,1,3,5H3;1-2H3/b29-24-;. The fraction of sp³-hybridized carbons (Fsp3) is 0.231. The monoisotopic (exact) mass is 468 g/mol. The minimum absolute atomic E-state index is 0.160. The molecule has 7 heteroatoms. The summed E-state index contributed by atoms with van der Waals surface area (Å²) in [5.74, 6) is -0.531. The van der Waals surface area contributed by atoms with Crippen molar-refractivity contribution in [1.82, 2.24) is 4.90 Å². The van der Waals surface area contributed by atoms with Crippen molar-refractivity contribution < 1.29 is 8.78 Å². The third-order valence-electron chi connectivity index (χ3n) is 4.90. The molecule has 0 aliphatic heterocycles. The van der Waals surface area contributed by atoms with Crippen molar-refractivity contribution in [1.29, 1.82) is 0 Å². The van der Waals surface area contributed by atoms with E-state index in [9.17, 15) is 8.78 Å². The van der Waals surface area contributed by atoms with Gasteiger partial charge in [0, 0.05) is 36.6 Å². The van der Waals surface area contributed by atoms with E-state index in [2.05, 4.69) is 41.8 Å². The average Bonchev–Trinajstić information content (AvgIpc) is 3.19. The van der Waals surface area contributed by atoms with E-state index in [0.717, 1.165) is 33.3 Å². The molecule has 1 aromatic heterocycles. The van der Waals surface area contributed by atoms with Gasteiger partial charge in [-0.3, -0.25) is 0 Å². The largest absolute Gasteiger partial charge is 0.357 e. The van der Waals surface area contributed by atoms with Crippen molar-refractivity contribution in [3.63, 3.8) is 0 Å². The molecular weight excluding hydrogens is 438 g/mol. The zero-order valence-electron chi connectivity index (χ0n) is 19.7. The molecule has 0 atom stereocenters. The smallest absolute Gasteiger partial charge is 0.168 e. The van der Waals surface area contributed by atoms with Gasteiger partial charge in [-0.25, -0.2) is 8.78 Å². The second kappa shape index (κ2) is 12.1. The van der Waals surface area contributed by atoms with Crippen LogP contribution in [-0.2, 0) is 0 Å². The Kier molecular flexibility index (Phi) is 9.48. The predicted molar refractivity (Wildman–Crippen MR) is 139 cm³/mol. The first kappa shape index (κ1) is 25.9. The highest BCUT2D eigenvalue weighted by molar-refractivity contribution is 7.14. The van der Waals surface area contributed by atoms with Gasteiger partial charge in [0.25, 0.3) is 0 Å². The van der Waals surface area contributed by atoms with Gasteiger partial charge in [-0.2, -0.15) is 5.10 Å². The molecule has 1 heterocycles. The van der Waals surface area contributed by atoms with Gasteiger partial charge in [0.2, 0.25) is 0 Å². The van der Waals surface area contributed by atoms with Gasteiger partial charge in [0.05, 0.1) is 10.4 Å². The first-order valence-corrected chi connectivity index (χ1v) is 11.5. The van der Waals surface area contributed by atoms with E-state index in [1.165, 1.54) is 18.2 Å². The van der Waals surface area contributed by atoms with E-state index in [4.69, 9.17) is 0 Å². The SMILES string of the molecule is C=N/N=C(/c1cc(-c2ccc(NC(=C)c3c(F)cccc3F)cc2)c(C)s1)N(C)CC.CC. The fourth-order valence-corrected chi connectivity index (χ4v) is 4.25. The Bertz CT molecular complexity index is 1110. The van der Waals surface area contributed by atoms with Crippen LogP contribution in [0.3, 0.4) is 0 Å². The van der Waals surface area contributed by atoms with Crippen LogP contribution in [-0.4, -0.2) is 31.0 Å². The van der Waals surface area contributed by atoms with Crippen molar-refractivity contribution in [2.24, 2.45) is 10.2 Å². The zero-order valence-corrected chi connectivity index (χ0v) is 20.6. The Morgan fingerprint density at radius 3 is 2.24 bits per heavy atom. The van der Waals surface area contributed by atoms with Gasteiger partial charge < -0.3 is 10.2 Å². The fourth-order valence-electron chi connectivity index (χ4n) is 3.17. The van der Waals surface area contributed by atoms with Gasteiger partial charge in [0.15, 0.2) is 5.84 Å². The van der Waals surface area contributed by atoms with Crippen LogP contribution in [0.2, 0.25) is 0 Å². The molecule has 3 aromatic rings. The summed E-state index contributed by atoms with van der Waals surface area (Å²) in [7, 11) is 1.96. The highest BCUT2D eigenvalue weighted by atomic mass is 32.1. The normalized spacial score (nSPS) is 10.8. The number of hydrogen-bond acceptors (Lipinski definition) is 4. The molecule has 4 nitrogen and oxygen atoms in total. The molecule has 2 aromatic carbocycles. The summed E-state index contributed by atoms with van der Waals surface area (Å²) in [6, 6.07) is 13.5. The number of nitrogens with one attached hydrogen (secondary N) is 1. The maximum absolute atomic E-state index is 14.0. The van der Waals surface area contributed by atoms with Crippen molar-refractivity contribution >= 4 is 35.3 Å². The molecule has 0 saturated heterocycles. The maximum atomic E-state index is 14.0. The molecule has 1 N–H and O–H groups in total. The summed E-state index contributed by atoms with van der Waals surface area (Å²) < 4.78 is 27.9. The Labute approximate surface area is 199 Å². The Morgan fingerprint density at radius 2 is 1.70 bits per heavy atom. The second-order valence-corrected chi connectivity index (χ2v) is 8.19. The molecule has 0 bridgehead atoms. The quantitative estimate of drug-likeness (QED) is 0.223. The first-order chi connectivity index (χ1) is 15.8. The van der Waals surface area contributed by atoms with Crippen LogP contribution < -0.4 is 5.32 Å². The molecule has 0 aliphatic carbocycles. The summed E-state index contributed by atoms with van der Waals surface area (Å²) in [5.41, 5.74) is 2.81. The van der Waals surface area contributed by atoms with Crippen LogP contribution in [0.4, 0.5) is 14.5 Å². The predicted octanol–water partition coefficient (Wildman–Crippen LogP) is 7.42. The Morgan fingerprint density at radius 1 is 1.09 bits per heavy atom. The van der Waals surface area contributed by atoms with E-state index in [0.29, 0.717) is 5.69 Å². The number of halogens is 2. The van der Waals surface area contributed by atoms with Gasteiger partial charge in [-0.1, -0.05) is 38.6 Å². The maximum Gasteiger partial charge on any atom is 0.168 e. The van der Waals surface area contributed by atoms with Crippen LogP contribution in [0.5, 0.6) is 0 Å². The topological polar surface area (TPSA) is 40.0 Å². The average molecular weight is 469 g/mol. The van der Waals surface area contributed by atoms with Crippen molar-refractivity contribution in [3.05, 3.63) is 82.1 Å². The van der Waals surface area contributed by atoms with Crippen LogP contribution in [0.1, 0.15) is 36.1 Å². The Hall–Kier alpha value is -3.32. The lowest BCUT2D eigenvalue weighted by molar-refractivity contribution is 0.535. The van der Waals surface area contributed by atoms with Crippen LogP contribution in [0, 0.1) is 18.6 Å². The Balaban J connectivity index is 0.00000187. The first-order valence-electron chi connectivity index (χ1n) is 10.7. The molecule has 0 fully saturated rings. The minimum Gasteiger partial charge on any atom is -0.357 e. The lowest BCUT2D eigenvalue weighted by atomic mass is 10.1. The van der Waals surface area contributed by atoms with E-state index < -0.39 is 11.6 Å². The number of rotatable bonds is 7. The summed E-state index contributed by atoms with van der Waals surface area (Å²) in [6.45, 7) is 16.2.